The second kappa shape index (κ2) is 6.60. The average molecular weight is 268 g/mol. The lowest BCUT2D eigenvalue weighted by Gasteiger charge is -2.11. The number of hydrogen-bond acceptors (Lipinski definition) is 6. The normalized spacial score (nSPS) is 11.5. The van der Waals surface area contributed by atoms with Crippen molar-refractivity contribution in [1.29, 1.82) is 0 Å². The topological polar surface area (TPSA) is 111 Å². The first-order chi connectivity index (χ1) is 8.97. The molecule has 104 valence electrons. The molecule has 0 saturated carbocycles. The number of benzene rings is 1. The molecule has 0 fully saturated rings. The van der Waals surface area contributed by atoms with E-state index in [1.54, 1.807) is 6.07 Å². The lowest BCUT2D eigenvalue weighted by molar-refractivity contribution is -0.142. The van der Waals surface area contributed by atoms with Gasteiger partial charge in [-0.2, -0.15) is 0 Å². The number of phenols is 1. The van der Waals surface area contributed by atoms with E-state index in [1.807, 2.05) is 0 Å². The van der Waals surface area contributed by atoms with Gasteiger partial charge >= 0.3 is 12.1 Å². The fraction of sp³-hybridized carbons (Fsp3) is 0.333. The molecular formula is C12H16N2O5. The molecular weight excluding hydrogens is 252 g/mol. The third kappa shape index (κ3) is 4.14. The van der Waals surface area contributed by atoms with E-state index in [1.165, 1.54) is 26.3 Å². The Morgan fingerprint density at radius 1 is 1.47 bits per heavy atom. The van der Waals surface area contributed by atoms with Crippen molar-refractivity contribution in [2.24, 2.45) is 5.73 Å². The SMILES string of the molecule is CNC(=O)Oc1cc(CC(N)C(=O)OC)ccc1O. The molecule has 0 saturated heterocycles. The van der Waals surface area contributed by atoms with Crippen LogP contribution in [-0.4, -0.2) is 37.4 Å². The van der Waals surface area contributed by atoms with Gasteiger partial charge in [0.05, 0.1) is 7.11 Å². The highest BCUT2D eigenvalue weighted by Gasteiger charge is 2.16. The highest BCUT2D eigenvalue weighted by Crippen LogP contribution is 2.27. The van der Waals surface area contributed by atoms with Crippen molar-refractivity contribution in [3.05, 3.63) is 23.8 Å². The maximum atomic E-state index is 11.2. The fourth-order valence-corrected chi connectivity index (χ4v) is 1.41. The third-order valence-electron chi connectivity index (χ3n) is 2.39. The number of ether oxygens (including phenoxy) is 2. The van der Waals surface area contributed by atoms with Crippen molar-refractivity contribution in [3.63, 3.8) is 0 Å². The van der Waals surface area contributed by atoms with Gasteiger partial charge in [0.2, 0.25) is 0 Å². The minimum absolute atomic E-state index is 0.00563. The molecule has 0 bridgehead atoms. The van der Waals surface area contributed by atoms with E-state index in [4.69, 9.17) is 10.5 Å². The zero-order valence-corrected chi connectivity index (χ0v) is 10.7. The smallest absolute Gasteiger partial charge is 0.412 e. The third-order valence-corrected chi connectivity index (χ3v) is 2.39. The van der Waals surface area contributed by atoms with Crippen LogP contribution in [0.1, 0.15) is 5.56 Å². The molecule has 0 radical (unpaired) electrons. The van der Waals surface area contributed by atoms with E-state index in [9.17, 15) is 14.7 Å². The van der Waals surface area contributed by atoms with Crippen molar-refractivity contribution in [2.45, 2.75) is 12.5 Å². The molecule has 1 rings (SSSR count). The summed E-state index contributed by atoms with van der Waals surface area (Å²) in [6.07, 6.45) is -0.499. The predicted octanol–water partition coefficient (Wildman–Crippen LogP) is 0.153. The van der Waals surface area contributed by atoms with Crippen molar-refractivity contribution in [2.75, 3.05) is 14.2 Å². The minimum Gasteiger partial charge on any atom is -0.504 e. The van der Waals surface area contributed by atoms with E-state index in [0.717, 1.165) is 0 Å². The summed E-state index contributed by atoms with van der Waals surface area (Å²) in [5.41, 5.74) is 6.25. The van der Waals surface area contributed by atoms with Gasteiger partial charge in [-0.1, -0.05) is 6.07 Å². The Kier molecular flexibility index (Phi) is 5.13. The van der Waals surface area contributed by atoms with Crippen LogP contribution in [0.15, 0.2) is 18.2 Å². The Morgan fingerprint density at radius 2 is 2.16 bits per heavy atom. The molecule has 1 aromatic carbocycles. The summed E-state index contributed by atoms with van der Waals surface area (Å²) in [4.78, 5) is 22.3. The minimum atomic E-state index is -0.817. The van der Waals surface area contributed by atoms with Crippen molar-refractivity contribution in [1.82, 2.24) is 5.32 Å². The second-order valence-electron chi connectivity index (χ2n) is 3.78. The van der Waals surface area contributed by atoms with Gasteiger partial charge in [0.25, 0.3) is 0 Å². The first-order valence-electron chi connectivity index (χ1n) is 5.52. The van der Waals surface area contributed by atoms with Crippen LogP contribution in [0.3, 0.4) is 0 Å². The summed E-state index contributed by atoms with van der Waals surface area (Å²) < 4.78 is 9.36. The standard InChI is InChI=1S/C12H16N2O5/c1-14-12(17)19-10-6-7(3-4-9(10)15)5-8(13)11(16)18-2/h3-4,6,8,15H,5,13H2,1-2H3,(H,14,17). The Hall–Kier alpha value is -2.28. The Balaban J connectivity index is 2.84. The average Bonchev–Trinajstić information content (AvgIpc) is 2.41. The first-order valence-corrected chi connectivity index (χ1v) is 5.52. The van der Waals surface area contributed by atoms with Crippen LogP contribution in [0.5, 0.6) is 11.5 Å². The van der Waals surface area contributed by atoms with E-state index in [2.05, 4.69) is 10.1 Å². The molecule has 7 nitrogen and oxygen atoms in total. The van der Waals surface area contributed by atoms with Crippen LogP contribution in [0.25, 0.3) is 0 Å². The number of aromatic hydroxyl groups is 1. The highest BCUT2D eigenvalue weighted by atomic mass is 16.6. The molecule has 0 spiro atoms. The Morgan fingerprint density at radius 3 is 2.74 bits per heavy atom. The van der Waals surface area contributed by atoms with Gasteiger partial charge in [-0.15, -0.1) is 0 Å². The number of nitrogens with two attached hydrogens (primary N) is 1. The molecule has 1 atom stereocenters. The molecule has 0 aromatic heterocycles. The van der Waals surface area contributed by atoms with Crippen LogP contribution >= 0.6 is 0 Å². The summed E-state index contributed by atoms with van der Waals surface area (Å²) >= 11 is 0. The van der Waals surface area contributed by atoms with Crippen molar-refractivity contribution >= 4 is 12.1 Å². The Bertz CT molecular complexity index is 475. The van der Waals surface area contributed by atoms with Crippen LogP contribution < -0.4 is 15.8 Å². The maximum absolute atomic E-state index is 11.2. The molecule has 0 heterocycles. The lowest BCUT2D eigenvalue weighted by Crippen LogP contribution is -2.33. The summed E-state index contributed by atoms with van der Waals surface area (Å²) in [6.45, 7) is 0. The van der Waals surface area contributed by atoms with Crippen LogP contribution in [-0.2, 0) is 16.0 Å². The molecule has 7 heteroatoms. The van der Waals surface area contributed by atoms with Gasteiger partial charge in [0.15, 0.2) is 11.5 Å². The number of methoxy groups -OCH3 is 1. The largest absolute Gasteiger partial charge is 0.504 e. The van der Waals surface area contributed by atoms with Gasteiger partial charge in [-0.05, 0) is 24.1 Å². The van der Waals surface area contributed by atoms with Gasteiger partial charge in [-0.25, -0.2) is 4.79 Å². The van der Waals surface area contributed by atoms with E-state index >= 15 is 0 Å². The number of amides is 1. The van der Waals surface area contributed by atoms with Crippen LogP contribution in [0, 0.1) is 0 Å². The summed E-state index contributed by atoms with van der Waals surface area (Å²) in [7, 11) is 2.65. The number of carbonyl (C=O) groups is 2. The molecule has 1 unspecified atom stereocenters. The van der Waals surface area contributed by atoms with E-state index in [-0.39, 0.29) is 17.9 Å². The monoisotopic (exact) mass is 268 g/mol. The van der Waals surface area contributed by atoms with Crippen LogP contribution in [0.4, 0.5) is 4.79 Å². The van der Waals surface area contributed by atoms with E-state index < -0.39 is 18.1 Å². The molecule has 1 amide bonds. The molecule has 1 aromatic rings. The Labute approximate surface area is 110 Å². The van der Waals surface area contributed by atoms with Gasteiger partial charge in [0, 0.05) is 7.05 Å². The maximum Gasteiger partial charge on any atom is 0.412 e. The van der Waals surface area contributed by atoms with Gasteiger partial charge in [0.1, 0.15) is 6.04 Å². The summed E-state index contributed by atoms with van der Waals surface area (Å²) in [6, 6.07) is 3.56. The number of esters is 1. The number of hydrogen-bond donors (Lipinski definition) is 3. The molecule has 0 aliphatic carbocycles. The van der Waals surface area contributed by atoms with Gasteiger partial charge in [-0.3, -0.25) is 4.79 Å². The number of phenolic OH excluding ortho intramolecular Hbond substituents is 1. The quantitative estimate of drug-likeness (QED) is 0.670. The van der Waals surface area contributed by atoms with Crippen LogP contribution in [0.2, 0.25) is 0 Å². The number of carbonyl (C=O) groups excluding carboxylic acids is 2. The predicted molar refractivity (Wildman–Crippen MR) is 66.9 cm³/mol. The number of nitrogens with one attached hydrogen (secondary N) is 1. The van der Waals surface area contributed by atoms with Crippen molar-refractivity contribution in [3.8, 4) is 11.5 Å². The number of rotatable bonds is 4. The van der Waals surface area contributed by atoms with Gasteiger partial charge < -0.3 is 25.6 Å². The molecule has 0 aliphatic rings. The van der Waals surface area contributed by atoms with Crippen molar-refractivity contribution < 1.29 is 24.2 Å². The summed E-state index contributed by atoms with van der Waals surface area (Å²) in [5.74, 6) is -0.727. The molecule has 0 aliphatic heterocycles. The highest BCUT2D eigenvalue weighted by molar-refractivity contribution is 5.76. The molecule has 19 heavy (non-hydrogen) atoms. The fourth-order valence-electron chi connectivity index (χ4n) is 1.41. The van der Waals surface area contributed by atoms with E-state index in [0.29, 0.717) is 5.56 Å². The zero-order chi connectivity index (χ0) is 14.4. The lowest BCUT2D eigenvalue weighted by atomic mass is 10.1. The summed E-state index contributed by atoms with van der Waals surface area (Å²) in [5, 5.41) is 11.8. The zero-order valence-electron chi connectivity index (χ0n) is 10.7. The second-order valence-corrected chi connectivity index (χ2v) is 3.78. The first kappa shape index (κ1) is 14.8. The molecule has 4 N–H and O–H groups in total.